The fraction of sp³-hybridized carbons (Fsp3) is 0.368. The number of carbonyl (C=O) groups excluding carboxylic acids is 2. The summed E-state index contributed by atoms with van der Waals surface area (Å²) in [7, 11) is 0. The number of rotatable bonds is 6. The average molecular weight is 370 g/mol. The molecule has 142 valence electrons. The maximum Gasteiger partial charge on any atom is 0.347 e. The Bertz CT molecular complexity index is 749. The average Bonchev–Trinajstić information content (AvgIpc) is 2.73. The lowest BCUT2D eigenvalue weighted by atomic mass is 10.3. The van der Waals surface area contributed by atoms with Crippen LogP contribution in [-0.4, -0.2) is 65.6 Å². The molecule has 2 aromatic rings. The summed E-state index contributed by atoms with van der Waals surface area (Å²) >= 11 is 0. The molecule has 0 spiro atoms. The SMILES string of the molecule is C[C@H](Oc1ccccc1)C(=O)OCC(=O)N1CCN(c2ncccn2)CC1. The topological polar surface area (TPSA) is 84.9 Å². The molecule has 1 amide bonds. The van der Waals surface area contributed by atoms with Crippen LogP contribution in [0, 0.1) is 0 Å². The smallest absolute Gasteiger partial charge is 0.347 e. The standard InChI is InChI=1S/C19H22N4O4/c1-15(27-16-6-3-2-4-7-16)18(25)26-14-17(24)22-10-12-23(13-11-22)19-20-8-5-9-21-19/h2-9,15H,10-14H2,1H3/t15-/m0/s1. The third kappa shape index (κ3) is 5.16. The van der Waals surface area contributed by atoms with Gasteiger partial charge in [0.15, 0.2) is 12.7 Å². The number of hydrogen-bond donors (Lipinski definition) is 0. The number of nitrogens with zero attached hydrogens (tertiary/aromatic N) is 4. The predicted octanol–water partition coefficient (Wildman–Crippen LogP) is 1.14. The normalized spacial score (nSPS) is 15.1. The number of benzene rings is 1. The first kappa shape index (κ1) is 18.6. The van der Waals surface area contributed by atoms with Crippen molar-refractivity contribution in [2.24, 2.45) is 0 Å². The summed E-state index contributed by atoms with van der Waals surface area (Å²) in [6.07, 6.45) is 2.60. The molecule has 2 heterocycles. The molecule has 0 radical (unpaired) electrons. The van der Waals surface area contributed by atoms with Crippen molar-refractivity contribution in [3.63, 3.8) is 0 Å². The highest BCUT2D eigenvalue weighted by atomic mass is 16.6. The second kappa shape index (κ2) is 8.98. The quantitative estimate of drug-likeness (QED) is 0.705. The Hall–Kier alpha value is -3.16. The Morgan fingerprint density at radius 3 is 2.37 bits per heavy atom. The van der Waals surface area contributed by atoms with Gasteiger partial charge < -0.3 is 19.3 Å². The Morgan fingerprint density at radius 2 is 1.70 bits per heavy atom. The van der Waals surface area contributed by atoms with E-state index in [4.69, 9.17) is 9.47 Å². The van der Waals surface area contributed by atoms with Gasteiger partial charge in [0.25, 0.3) is 5.91 Å². The van der Waals surface area contributed by atoms with Crippen LogP contribution in [0.3, 0.4) is 0 Å². The van der Waals surface area contributed by atoms with Crippen molar-refractivity contribution in [1.82, 2.24) is 14.9 Å². The Morgan fingerprint density at radius 1 is 1.04 bits per heavy atom. The third-order valence-corrected chi connectivity index (χ3v) is 4.19. The molecule has 0 N–H and O–H groups in total. The van der Waals surface area contributed by atoms with Crippen LogP contribution < -0.4 is 9.64 Å². The van der Waals surface area contributed by atoms with Gasteiger partial charge in [0, 0.05) is 38.6 Å². The van der Waals surface area contributed by atoms with Gasteiger partial charge in [-0.3, -0.25) is 4.79 Å². The summed E-state index contributed by atoms with van der Waals surface area (Å²) in [6.45, 7) is 3.64. The highest BCUT2D eigenvalue weighted by Gasteiger charge is 2.24. The molecule has 8 heteroatoms. The molecule has 1 saturated heterocycles. The molecule has 1 aromatic heterocycles. The molecule has 0 saturated carbocycles. The second-order valence-electron chi connectivity index (χ2n) is 6.10. The number of carbonyl (C=O) groups is 2. The van der Waals surface area contributed by atoms with Crippen LogP contribution in [0.15, 0.2) is 48.8 Å². The molecular formula is C19H22N4O4. The molecular weight excluding hydrogens is 348 g/mol. The summed E-state index contributed by atoms with van der Waals surface area (Å²) in [5, 5.41) is 0. The van der Waals surface area contributed by atoms with E-state index in [0.29, 0.717) is 37.9 Å². The van der Waals surface area contributed by atoms with E-state index in [-0.39, 0.29) is 12.5 Å². The number of anilines is 1. The highest BCUT2D eigenvalue weighted by molar-refractivity contribution is 5.82. The minimum atomic E-state index is -0.785. The van der Waals surface area contributed by atoms with Crippen LogP contribution in [0.2, 0.25) is 0 Å². The summed E-state index contributed by atoms with van der Waals surface area (Å²) in [5.74, 6) is 0.447. The van der Waals surface area contributed by atoms with Crippen LogP contribution in [0.25, 0.3) is 0 Å². The summed E-state index contributed by atoms with van der Waals surface area (Å²) in [4.78, 5) is 36.4. The number of piperazine rings is 1. The van der Waals surface area contributed by atoms with Gasteiger partial charge in [-0.15, -0.1) is 0 Å². The van der Waals surface area contributed by atoms with Crippen LogP contribution in [0.5, 0.6) is 5.75 Å². The fourth-order valence-corrected chi connectivity index (χ4v) is 2.70. The highest BCUT2D eigenvalue weighted by Crippen LogP contribution is 2.12. The van der Waals surface area contributed by atoms with Crippen molar-refractivity contribution in [3.05, 3.63) is 48.8 Å². The number of ether oxygens (including phenoxy) is 2. The summed E-state index contributed by atoms with van der Waals surface area (Å²) < 4.78 is 10.6. The Balaban J connectivity index is 1.41. The van der Waals surface area contributed by atoms with E-state index in [1.54, 1.807) is 42.4 Å². The van der Waals surface area contributed by atoms with Crippen LogP contribution in [0.1, 0.15) is 6.92 Å². The van der Waals surface area contributed by atoms with Gasteiger partial charge in [-0.25, -0.2) is 14.8 Å². The van der Waals surface area contributed by atoms with E-state index in [1.165, 1.54) is 0 Å². The van der Waals surface area contributed by atoms with E-state index in [0.717, 1.165) is 0 Å². The summed E-state index contributed by atoms with van der Waals surface area (Å²) in [6, 6.07) is 10.8. The van der Waals surface area contributed by atoms with Gasteiger partial charge in [0.2, 0.25) is 5.95 Å². The van der Waals surface area contributed by atoms with Gasteiger partial charge >= 0.3 is 5.97 Å². The van der Waals surface area contributed by atoms with Gasteiger partial charge in [0.05, 0.1) is 0 Å². The maximum absolute atomic E-state index is 12.3. The third-order valence-electron chi connectivity index (χ3n) is 4.19. The van der Waals surface area contributed by atoms with E-state index < -0.39 is 12.1 Å². The van der Waals surface area contributed by atoms with Crippen molar-refractivity contribution in [1.29, 1.82) is 0 Å². The van der Waals surface area contributed by atoms with Crippen molar-refractivity contribution >= 4 is 17.8 Å². The lowest BCUT2D eigenvalue weighted by Crippen LogP contribution is -2.50. The van der Waals surface area contributed by atoms with E-state index in [9.17, 15) is 9.59 Å². The molecule has 1 fully saturated rings. The van der Waals surface area contributed by atoms with Gasteiger partial charge in [-0.05, 0) is 25.1 Å². The molecule has 0 bridgehead atoms. The van der Waals surface area contributed by atoms with Crippen LogP contribution >= 0.6 is 0 Å². The number of amides is 1. The zero-order valence-corrected chi connectivity index (χ0v) is 15.2. The molecule has 0 aliphatic carbocycles. The molecule has 0 unspecified atom stereocenters. The number of para-hydroxylation sites is 1. The molecule has 1 aliphatic rings. The zero-order chi connectivity index (χ0) is 19.1. The molecule has 1 atom stereocenters. The zero-order valence-electron chi connectivity index (χ0n) is 15.2. The molecule has 1 aliphatic heterocycles. The van der Waals surface area contributed by atoms with Crippen LogP contribution in [-0.2, 0) is 14.3 Å². The predicted molar refractivity (Wildman–Crippen MR) is 98.3 cm³/mol. The Labute approximate surface area is 157 Å². The maximum atomic E-state index is 12.3. The largest absolute Gasteiger partial charge is 0.479 e. The molecule has 3 rings (SSSR count). The Kier molecular flexibility index (Phi) is 6.19. The fourth-order valence-electron chi connectivity index (χ4n) is 2.70. The molecule has 27 heavy (non-hydrogen) atoms. The van der Waals surface area contributed by atoms with E-state index >= 15 is 0 Å². The van der Waals surface area contributed by atoms with Crippen molar-refractivity contribution in [3.8, 4) is 5.75 Å². The number of aromatic nitrogens is 2. The minimum absolute atomic E-state index is 0.219. The first-order chi connectivity index (χ1) is 13.1. The number of hydrogen-bond acceptors (Lipinski definition) is 7. The van der Waals surface area contributed by atoms with Crippen molar-refractivity contribution in [2.75, 3.05) is 37.7 Å². The van der Waals surface area contributed by atoms with Gasteiger partial charge in [-0.1, -0.05) is 18.2 Å². The first-order valence-electron chi connectivity index (χ1n) is 8.81. The van der Waals surface area contributed by atoms with E-state index in [1.807, 2.05) is 23.1 Å². The molecule has 8 nitrogen and oxygen atoms in total. The summed E-state index contributed by atoms with van der Waals surface area (Å²) in [5.41, 5.74) is 0. The van der Waals surface area contributed by atoms with Crippen LogP contribution in [0.4, 0.5) is 5.95 Å². The van der Waals surface area contributed by atoms with Crippen molar-refractivity contribution < 1.29 is 19.1 Å². The molecule has 1 aromatic carbocycles. The van der Waals surface area contributed by atoms with E-state index in [2.05, 4.69) is 9.97 Å². The lowest BCUT2D eigenvalue weighted by Gasteiger charge is -2.34. The van der Waals surface area contributed by atoms with Gasteiger partial charge in [-0.2, -0.15) is 0 Å². The monoisotopic (exact) mass is 370 g/mol. The lowest BCUT2D eigenvalue weighted by molar-refractivity contribution is -0.157. The first-order valence-corrected chi connectivity index (χ1v) is 8.81. The van der Waals surface area contributed by atoms with Gasteiger partial charge in [0.1, 0.15) is 5.75 Å². The minimum Gasteiger partial charge on any atom is -0.479 e. The number of esters is 1. The van der Waals surface area contributed by atoms with Crippen molar-refractivity contribution in [2.45, 2.75) is 13.0 Å². The second-order valence-corrected chi connectivity index (χ2v) is 6.10.